The van der Waals surface area contributed by atoms with Gasteiger partial charge in [0.05, 0.1) is 0 Å². The Morgan fingerprint density at radius 3 is 0.471 bits per heavy atom. The van der Waals surface area contributed by atoms with Crippen LogP contribution in [0.15, 0.2) is 0 Å². The van der Waals surface area contributed by atoms with Crippen LogP contribution in [0.1, 0.15) is 0 Å². The predicted octanol–water partition coefficient (Wildman–Crippen LogP) is 4.29. The maximum atomic E-state index is 14.4. The van der Waals surface area contributed by atoms with Gasteiger partial charge in [-0.25, -0.2) is 0 Å². The fraction of sp³-hybridized carbons (Fsp3) is 0. The molecule has 34 heavy (non-hydrogen) atoms. The van der Waals surface area contributed by atoms with Crippen LogP contribution in [0.25, 0.3) is 0 Å². The molecule has 0 saturated carbocycles. The topological polar surface area (TPSA) is 0 Å². The summed E-state index contributed by atoms with van der Waals surface area (Å²) in [4.78, 5) is 0. The molecule has 0 aliphatic heterocycles. The van der Waals surface area contributed by atoms with Crippen molar-refractivity contribution in [3.63, 3.8) is 0 Å². The summed E-state index contributed by atoms with van der Waals surface area (Å²) in [5.41, 5.74) is 0. The van der Waals surface area contributed by atoms with Crippen molar-refractivity contribution in [1.29, 1.82) is 0 Å². The van der Waals surface area contributed by atoms with Gasteiger partial charge in [0, 0.05) is 0 Å². The van der Waals surface area contributed by atoms with Gasteiger partial charge < -0.3 is 0 Å². The molecule has 0 spiro atoms. The molecule has 181 valence electrons. The van der Waals surface area contributed by atoms with Gasteiger partial charge in [-0.15, -0.1) is 0 Å². The van der Waals surface area contributed by atoms with Crippen molar-refractivity contribution in [3.8, 4) is 0 Å². The molecule has 0 atom stereocenters. The molecule has 0 saturated heterocycles. The van der Waals surface area contributed by atoms with E-state index in [0.717, 1.165) is 0 Å². The van der Waals surface area contributed by atoms with Crippen molar-refractivity contribution in [1.82, 2.24) is 0 Å². The first kappa shape index (κ1) is 25.9. The summed E-state index contributed by atoms with van der Waals surface area (Å²) in [6, 6.07) is 0. The summed E-state index contributed by atoms with van der Waals surface area (Å²) in [6.45, 7) is 0. The van der Waals surface area contributed by atoms with E-state index in [2.05, 4.69) is 0 Å². The van der Waals surface area contributed by atoms with E-state index in [1.807, 2.05) is 0 Å². The number of hydrogen-bond donors (Lipinski definition) is 0. The Hall–Kier alpha value is -2.75. The Bertz CT molecular complexity index is 1110. The number of hydrogen-bond acceptors (Lipinski definition) is 0. The van der Waals surface area contributed by atoms with Crippen molar-refractivity contribution < 1.29 is 65.9 Å². The zero-order chi connectivity index (χ0) is 26.0. The van der Waals surface area contributed by atoms with Gasteiger partial charge in [-0.05, 0) is 0 Å². The summed E-state index contributed by atoms with van der Waals surface area (Å²) in [7, 11) is 0. The molecule has 0 nitrogen and oxygen atoms in total. The third-order valence-electron chi connectivity index (χ3n) is 4.60. The Morgan fingerprint density at radius 1 is 0.206 bits per heavy atom. The summed E-state index contributed by atoms with van der Waals surface area (Å²) >= 11 is -6.67. The predicted molar refractivity (Wildman–Crippen MR) is 83.4 cm³/mol. The Kier molecular flexibility index (Phi) is 6.69. The van der Waals surface area contributed by atoms with Crippen LogP contribution in [0.3, 0.4) is 0 Å². The molecular weight excluding hydrogens is 571 g/mol. The minimum atomic E-state index is -6.67. The van der Waals surface area contributed by atoms with Crippen molar-refractivity contribution in [3.05, 3.63) is 87.3 Å². The number of halogens is 15. The second-order valence-electron chi connectivity index (χ2n) is 6.38. The van der Waals surface area contributed by atoms with Crippen molar-refractivity contribution >= 4 is 28.6 Å². The SMILES string of the molecule is Fc1c(F)c(F)[c]([Ga-]([c]2c(F)c(F)c(F)c(F)c2F)[c]2c(F)c(F)c(F)c(F)c2F)c(F)c1F. The van der Waals surface area contributed by atoms with Crippen LogP contribution in [0, 0.1) is 87.3 Å². The fourth-order valence-electron chi connectivity index (χ4n) is 3.06. The van der Waals surface area contributed by atoms with Gasteiger partial charge in [0.15, 0.2) is 0 Å². The molecule has 0 fully saturated rings. The number of rotatable bonds is 3. The quantitative estimate of drug-likeness (QED) is 0.191. The van der Waals surface area contributed by atoms with Crippen LogP contribution in [0.5, 0.6) is 0 Å². The third-order valence-corrected chi connectivity index (χ3v) is 11.4. The van der Waals surface area contributed by atoms with Crippen LogP contribution >= 0.6 is 0 Å². The Balaban J connectivity index is 2.68. The van der Waals surface area contributed by atoms with E-state index in [4.69, 9.17) is 0 Å². The number of benzene rings is 3. The molecule has 3 rings (SSSR count). The molecule has 0 aliphatic carbocycles. The van der Waals surface area contributed by atoms with E-state index in [1.165, 1.54) is 0 Å². The van der Waals surface area contributed by atoms with Gasteiger partial charge in [0.1, 0.15) is 0 Å². The second kappa shape index (κ2) is 8.79. The van der Waals surface area contributed by atoms with Gasteiger partial charge in [0.2, 0.25) is 0 Å². The summed E-state index contributed by atoms with van der Waals surface area (Å²) in [5.74, 6) is -44.4. The molecule has 3 aromatic rings. The van der Waals surface area contributed by atoms with Crippen molar-refractivity contribution in [2.45, 2.75) is 0 Å². The molecule has 3 aromatic carbocycles. The molecule has 0 aromatic heterocycles. The standard InChI is InChI=1S/3C6F5.Ga/c3*7-2-1-3(8)5(10)6(11)4(2)9;/q;;;-1. The van der Waals surface area contributed by atoms with E-state index in [-0.39, 0.29) is 0 Å². The zero-order valence-electron chi connectivity index (χ0n) is 15.2. The van der Waals surface area contributed by atoms with Crippen molar-refractivity contribution in [2.24, 2.45) is 0 Å². The van der Waals surface area contributed by atoms with Gasteiger partial charge >= 0.3 is 182 Å². The molecular formula is C18F15Ga-. The summed E-state index contributed by atoms with van der Waals surface area (Å²) < 4.78 is 202. The first-order valence-electron chi connectivity index (χ1n) is 8.20. The van der Waals surface area contributed by atoms with Gasteiger partial charge in [-0.3, -0.25) is 0 Å². The van der Waals surface area contributed by atoms with E-state index in [0.29, 0.717) is 0 Å². The Morgan fingerprint density at radius 2 is 0.324 bits per heavy atom. The van der Waals surface area contributed by atoms with Gasteiger partial charge in [-0.2, -0.15) is 0 Å². The summed E-state index contributed by atoms with van der Waals surface area (Å²) in [6.07, 6.45) is 0. The normalized spacial score (nSPS) is 11.6. The third kappa shape index (κ3) is 3.53. The monoisotopic (exact) mass is 570 g/mol. The van der Waals surface area contributed by atoms with E-state index >= 15 is 0 Å². The van der Waals surface area contributed by atoms with Crippen LogP contribution < -0.4 is 12.4 Å². The van der Waals surface area contributed by atoms with Crippen LogP contribution in [0.2, 0.25) is 0 Å². The summed E-state index contributed by atoms with van der Waals surface area (Å²) in [5, 5.41) is 0. The van der Waals surface area contributed by atoms with Gasteiger partial charge in [-0.1, -0.05) is 0 Å². The van der Waals surface area contributed by atoms with Crippen LogP contribution in [-0.4, -0.2) is 16.2 Å². The first-order chi connectivity index (χ1) is 15.7. The first-order valence-corrected chi connectivity index (χ1v) is 11.8. The Labute approximate surface area is 182 Å². The molecule has 0 heterocycles. The molecule has 16 heteroatoms. The molecule has 0 N–H and O–H groups in total. The average molecular weight is 571 g/mol. The minimum absolute atomic E-state index is 2.49. The zero-order valence-corrected chi connectivity index (χ0v) is 17.7. The van der Waals surface area contributed by atoms with Crippen molar-refractivity contribution in [2.75, 3.05) is 0 Å². The molecule has 0 bridgehead atoms. The molecule has 1 radical (unpaired) electrons. The molecule has 0 aliphatic rings. The maximum absolute atomic E-state index is 14.4. The average Bonchev–Trinajstić information content (AvgIpc) is 2.81. The fourth-order valence-corrected chi connectivity index (χ4v) is 9.66. The van der Waals surface area contributed by atoms with E-state index in [9.17, 15) is 65.9 Å². The molecule has 0 amide bonds. The van der Waals surface area contributed by atoms with E-state index < -0.39 is 116 Å². The van der Waals surface area contributed by atoms with Gasteiger partial charge in [0.25, 0.3) is 0 Å². The second-order valence-corrected chi connectivity index (χ2v) is 11.8. The van der Waals surface area contributed by atoms with Crippen LogP contribution in [0.4, 0.5) is 65.9 Å². The van der Waals surface area contributed by atoms with Crippen LogP contribution in [-0.2, 0) is 0 Å². The van der Waals surface area contributed by atoms with E-state index in [1.54, 1.807) is 0 Å². The molecule has 0 unspecified atom stereocenters.